The Morgan fingerprint density at radius 2 is 1.31 bits per heavy atom. The summed E-state index contributed by atoms with van der Waals surface area (Å²) in [6.07, 6.45) is 5.06. The van der Waals surface area contributed by atoms with Crippen LogP contribution in [-0.2, 0) is 32.0 Å². The molecule has 0 unspecified atom stereocenters. The van der Waals surface area contributed by atoms with Crippen LogP contribution in [0.3, 0.4) is 0 Å². The number of rotatable bonds is 19. The molecule has 0 saturated carbocycles. The molecule has 7 N–H and O–H groups in total. The minimum atomic E-state index is -0.936. The summed E-state index contributed by atoms with van der Waals surface area (Å²) < 4.78 is 0. The lowest BCUT2D eigenvalue weighted by Gasteiger charge is -2.37. The van der Waals surface area contributed by atoms with E-state index in [-0.39, 0.29) is 11.8 Å². The van der Waals surface area contributed by atoms with Gasteiger partial charge in [-0.15, -0.1) is 0 Å². The van der Waals surface area contributed by atoms with Crippen LogP contribution in [0.5, 0.6) is 0 Å². The van der Waals surface area contributed by atoms with Crippen LogP contribution in [0.4, 0.5) is 5.82 Å². The van der Waals surface area contributed by atoms with Gasteiger partial charge in [-0.2, -0.15) is 0 Å². The number of piperazine rings is 1. The number of nitrogens with zero attached hydrogens (tertiary/aromatic N) is 3. The van der Waals surface area contributed by atoms with Crippen molar-refractivity contribution in [2.45, 2.75) is 83.0 Å². The molecule has 3 aromatic rings. The van der Waals surface area contributed by atoms with E-state index in [4.69, 9.17) is 11.5 Å². The third kappa shape index (κ3) is 12.8. The Kier molecular flexibility index (Phi) is 16.1. The van der Waals surface area contributed by atoms with Crippen molar-refractivity contribution in [2.75, 3.05) is 37.6 Å². The second-order valence-corrected chi connectivity index (χ2v) is 13.9. The molecule has 1 aromatic heterocycles. The second kappa shape index (κ2) is 20.9. The van der Waals surface area contributed by atoms with Crippen LogP contribution >= 0.6 is 0 Å². The van der Waals surface area contributed by atoms with Crippen LogP contribution in [-0.4, -0.2) is 90.4 Å². The normalized spacial score (nSPS) is 15.3. The van der Waals surface area contributed by atoms with E-state index in [0.717, 1.165) is 16.9 Å². The number of carbonyl (C=O) groups excluding carboxylic acids is 4. The van der Waals surface area contributed by atoms with Gasteiger partial charge in [-0.05, 0) is 80.7 Å². The predicted molar refractivity (Wildman–Crippen MR) is 204 cm³/mol. The molecule has 280 valence electrons. The maximum atomic E-state index is 14.0. The summed E-state index contributed by atoms with van der Waals surface area (Å²) in [4.78, 5) is 63.5. The fourth-order valence-electron chi connectivity index (χ4n) is 6.38. The fourth-order valence-corrected chi connectivity index (χ4v) is 6.38. The molecule has 1 saturated heterocycles. The average molecular weight is 713 g/mol. The zero-order valence-electron chi connectivity index (χ0n) is 30.6. The summed E-state index contributed by atoms with van der Waals surface area (Å²) >= 11 is 0. The van der Waals surface area contributed by atoms with Crippen LogP contribution in [0, 0.1) is 5.92 Å². The summed E-state index contributed by atoms with van der Waals surface area (Å²) in [7, 11) is 0. The van der Waals surface area contributed by atoms with Gasteiger partial charge >= 0.3 is 0 Å². The highest BCUT2D eigenvalue weighted by atomic mass is 16.2. The van der Waals surface area contributed by atoms with Crippen LogP contribution < -0.4 is 32.3 Å². The van der Waals surface area contributed by atoms with Crippen LogP contribution in [0.15, 0.2) is 85.1 Å². The molecule has 2 heterocycles. The molecular formula is C40H56N8O4. The largest absolute Gasteiger partial charge is 0.353 e. The number of aromatic nitrogens is 1. The average Bonchev–Trinajstić information content (AvgIpc) is 3.16. The van der Waals surface area contributed by atoms with E-state index in [1.165, 1.54) is 0 Å². The van der Waals surface area contributed by atoms with Gasteiger partial charge in [-0.25, -0.2) is 4.98 Å². The summed E-state index contributed by atoms with van der Waals surface area (Å²) in [5, 5.41) is 8.79. The van der Waals surface area contributed by atoms with Gasteiger partial charge in [-0.3, -0.25) is 19.2 Å². The smallest absolute Gasteiger partial charge is 0.245 e. The number of amides is 4. The van der Waals surface area contributed by atoms with Crippen LogP contribution in [0.25, 0.3) is 0 Å². The Morgan fingerprint density at radius 1 is 0.712 bits per heavy atom. The van der Waals surface area contributed by atoms with Crippen molar-refractivity contribution in [2.24, 2.45) is 17.4 Å². The van der Waals surface area contributed by atoms with Crippen molar-refractivity contribution in [3.8, 4) is 0 Å². The van der Waals surface area contributed by atoms with E-state index >= 15 is 0 Å². The standard InChI is InChI=1S/C40H56N8O4/c1-29(2)27-35(39(51)45-34(17-9-11-21-41)40(52)48-25-23-47(24-26-48)36-18-10-12-22-43-36)46-38(50)33(20-19-30-13-5-3-6-14-30)44-37(49)32(42)28-31-15-7-4-8-16-31/h3-8,10,12-16,18,22,29,32-35H,9,11,17,19-21,23-28,41-42H2,1-2H3,(H,44,49)(H,45,51)(H,46,50)/t32-,33-,34-,35-/m1/s1. The van der Waals surface area contributed by atoms with Gasteiger partial charge in [0.15, 0.2) is 0 Å². The van der Waals surface area contributed by atoms with Crippen molar-refractivity contribution >= 4 is 29.4 Å². The highest BCUT2D eigenvalue weighted by Gasteiger charge is 2.33. The first kappa shape index (κ1) is 40.0. The Labute approximate surface area is 308 Å². The van der Waals surface area contributed by atoms with Gasteiger partial charge in [0.2, 0.25) is 23.6 Å². The lowest BCUT2D eigenvalue weighted by Crippen LogP contribution is -2.59. The SMILES string of the molecule is CC(C)C[C@@H](NC(=O)[C@@H](CCc1ccccc1)NC(=O)[C@H](N)Cc1ccccc1)C(=O)N[C@H](CCCCN)C(=O)N1CCN(c2ccccn2)CC1. The topological polar surface area (TPSA) is 176 Å². The molecule has 1 aliphatic heterocycles. The van der Waals surface area contributed by atoms with E-state index in [1.807, 2.05) is 92.7 Å². The molecule has 4 amide bonds. The number of hydrogen-bond donors (Lipinski definition) is 5. The number of aryl methyl sites for hydroxylation is 1. The Hall–Kier alpha value is -4.81. The Bertz CT molecular complexity index is 1530. The van der Waals surface area contributed by atoms with Crippen LogP contribution in [0.1, 0.15) is 57.1 Å². The summed E-state index contributed by atoms with van der Waals surface area (Å²) in [6, 6.07) is 21.4. The van der Waals surface area contributed by atoms with Gasteiger partial charge in [0.1, 0.15) is 23.9 Å². The molecule has 0 bridgehead atoms. The van der Waals surface area contributed by atoms with Gasteiger partial charge in [-0.1, -0.05) is 80.6 Å². The van der Waals surface area contributed by atoms with Gasteiger partial charge in [0.25, 0.3) is 0 Å². The van der Waals surface area contributed by atoms with Crippen molar-refractivity contribution in [3.63, 3.8) is 0 Å². The number of anilines is 1. The van der Waals surface area contributed by atoms with E-state index in [2.05, 4.69) is 25.8 Å². The molecule has 1 aliphatic rings. The minimum Gasteiger partial charge on any atom is -0.353 e. The molecular weight excluding hydrogens is 656 g/mol. The van der Waals surface area contributed by atoms with Crippen molar-refractivity contribution in [1.82, 2.24) is 25.8 Å². The molecule has 4 rings (SSSR count). The van der Waals surface area contributed by atoms with E-state index in [1.54, 1.807) is 11.1 Å². The van der Waals surface area contributed by atoms with Gasteiger partial charge in [0, 0.05) is 32.4 Å². The quantitative estimate of drug-likeness (QED) is 0.118. The number of carbonyl (C=O) groups is 4. The lowest BCUT2D eigenvalue weighted by atomic mass is 9.99. The highest BCUT2D eigenvalue weighted by Crippen LogP contribution is 2.16. The molecule has 4 atom stereocenters. The van der Waals surface area contributed by atoms with Crippen molar-refractivity contribution < 1.29 is 19.2 Å². The summed E-state index contributed by atoms with van der Waals surface area (Å²) in [5.41, 5.74) is 14.0. The van der Waals surface area contributed by atoms with Crippen LogP contribution in [0.2, 0.25) is 0 Å². The van der Waals surface area contributed by atoms with Gasteiger partial charge < -0.3 is 37.2 Å². The summed E-state index contributed by atoms with van der Waals surface area (Å²) in [5.74, 6) is -0.593. The second-order valence-electron chi connectivity index (χ2n) is 13.9. The number of hydrogen-bond acceptors (Lipinski definition) is 8. The van der Waals surface area contributed by atoms with E-state index < -0.39 is 41.9 Å². The number of nitrogens with two attached hydrogens (primary N) is 2. The fraction of sp³-hybridized carbons (Fsp3) is 0.475. The third-order valence-corrected chi connectivity index (χ3v) is 9.30. The first-order valence-corrected chi connectivity index (χ1v) is 18.5. The first-order valence-electron chi connectivity index (χ1n) is 18.5. The predicted octanol–water partition coefficient (Wildman–Crippen LogP) is 2.56. The molecule has 0 radical (unpaired) electrons. The lowest BCUT2D eigenvalue weighted by molar-refractivity contribution is -0.138. The third-order valence-electron chi connectivity index (χ3n) is 9.30. The maximum Gasteiger partial charge on any atom is 0.245 e. The first-order chi connectivity index (χ1) is 25.1. The molecule has 1 fully saturated rings. The van der Waals surface area contributed by atoms with E-state index in [9.17, 15) is 19.2 Å². The van der Waals surface area contributed by atoms with Gasteiger partial charge in [0.05, 0.1) is 6.04 Å². The zero-order valence-corrected chi connectivity index (χ0v) is 30.6. The summed E-state index contributed by atoms with van der Waals surface area (Å²) in [6.45, 7) is 6.67. The Balaban J connectivity index is 1.45. The maximum absolute atomic E-state index is 14.0. The molecule has 12 heteroatoms. The molecule has 0 aliphatic carbocycles. The minimum absolute atomic E-state index is 0.0544. The van der Waals surface area contributed by atoms with E-state index in [0.29, 0.717) is 77.7 Å². The Morgan fingerprint density at radius 3 is 1.92 bits per heavy atom. The number of pyridine rings is 1. The monoisotopic (exact) mass is 712 g/mol. The highest BCUT2D eigenvalue weighted by molar-refractivity contribution is 5.95. The molecule has 52 heavy (non-hydrogen) atoms. The number of unbranched alkanes of at least 4 members (excludes halogenated alkanes) is 1. The molecule has 12 nitrogen and oxygen atoms in total. The number of nitrogens with one attached hydrogen (secondary N) is 3. The number of benzene rings is 2. The van der Waals surface area contributed by atoms with Crippen molar-refractivity contribution in [3.05, 3.63) is 96.2 Å². The molecule has 0 spiro atoms. The zero-order chi connectivity index (χ0) is 37.3. The van der Waals surface area contributed by atoms with Crippen molar-refractivity contribution in [1.29, 1.82) is 0 Å². The molecule has 2 aromatic carbocycles.